The maximum atomic E-state index is 13.3. The number of piperidine rings is 1. The summed E-state index contributed by atoms with van der Waals surface area (Å²) in [6, 6.07) is 7.40. The van der Waals surface area contributed by atoms with Crippen LogP contribution in [0.15, 0.2) is 36.0 Å². The number of benzene rings is 1. The molecule has 3 rings (SSSR count). The molecule has 1 fully saturated rings. The molecule has 1 saturated heterocycles. The number of anilines is 1. The van der Waals surface area contributed by atoms with Crippen LogP contribution in [0.5, 0.6) is 5.75 Å². The fourth-order valence-corrected chi connectivity index (χ4v) is 4.00. The predicted octanol–water partition coefficient (Wildman–Crippen LogP) is 3.35. The molecule has 0 spiro atoms. The van der Waals surface area contributed by atoms with Crippen LogP contribution in [0.4, 0.5) is 5.69 Å². The highest BCUT2D eigenvalue weighted by Crippen LogP contribution is 2.47. The van der Waals surface area contributed by atoms with Gasteiger partial charge in [0.1, 0.15) is 5.75 Å². The summed E-state index contributed by atoms with van der Waals surface area (Å²) in [6.45, 7) is 3.48. The van der Waals surface area contributed by atoms with E-state index in [9.17, 15) is 9.59 Å². The van der Waals surface area contributed by atoms with Gasteiger partial charge in [-0.25, -0.2) is 0 Å². The first kappa shape index (κ1) is 19.4. The fourth-order valence-electron chi connectivity index (χ4n) is 4.00. The SMILES string of the molecule is CCOc1ccc(NC(=O)C23CCCC=C2N(CCOC)C(=O)CC3)cc1. The molecule has 1 aliphatic heterocycles. The Hall–Kier alpha value is -2.34. The number of methoxy groups -OCH3 is 1. The van der Waals surface area contributed by atoms with E-state index in [2.05, 4.69) is 11.4 Å². The second-order valence-corrected chi connectivity index (χ2v) is 7.01. The number of amides is 2. The lowest BCUT2D eigenvalue weighted by atomic mass is 9.69. The van der Waals surface area contributed by atoms with Gasteiger partial charge in [-0.2, -0.15) is 0 Å². The lowest BCUT2D eigenvalue weighted by Gasteiger charge is -2.45. The van der Waals surface area contributed by atoms with Crippen molar-refractivity contribution in [1.82, 2.24) is 4.90 Å². The molecule has 1 aliphatic carbocycles. The molecule has 1 N–H and O–H groups in total. The highest BCUT2D eigenvalue weighted by atomic mass is 16.5. The second-order valence-electron chi connectivity index (χ2n) is 7.01. The van der Waals surface area contributed by atoms with Crippen molar-refractivity contribution >= 4 is 17.5 Å². The Morgan fingerprint density at radius 1 is 1.26 bits per heavy atom. The summed E-state index contributed by atoms with van der Waals surface area (Å²) in [5, 5.41) is 3.06. The lowest BCUT2D eigenvalue weighted by molar-refractivity contribution is -0.138. The Bertz CT molecular complexity index is 713. The molecule has 1 aromatic rings. The van der Waals surface area contributed by atoms with Crippen molar-refractivity contribution in [3.8, 4) is 5.75 Å². The Morgan fingerprint density at radius 2 is 2.04 bits per heavy atom. The van der Waals surface area contributed by atoms with Crippen molar-refractivity contribution in [3.05, 3.63) is 36.0 Å². The molecule has 0 bridgehead atoms. The normalized spacial score (nSPS) is 22.1. The van der Waals surface area contributed by atoms with Crippen LogP contribution in [0.3, 0.4) is 0 Å². The van der Waals surface area contributed by atoms with E-state index in [-0.39, 0.29) is 11.8 Å². The number of hydrogen-bond acceptors (Lipinski definition) is 4. The third-order valence-corrected chi connectivity index (χ3v) is 5.37. The Kier molecular flexibility index (Phi) is 6.16. The standard InChI is InChI=1S/C21H28N2O4/c1-3-27-17-9-7-16(8-10-17)22-20(25)21-12-5-4-6-18(21)23(14-15-26-2)19(24)11-13-21/h6-10H,3-5,11-15H2,1-2H3,(H,22,25). The van der Waals surface area contributed by atoms with Gasteiger partial charge in [0.25, 0.3) is 0 Å². The Morgan fingerprint density at radius 3 is 2.74 bits per heavy atom. The van der Waals surface area contributed by atoms with Crippen molar-refractivity contribution < 1.29 is 19.1 Å². The lowest BCUT2D eigenvalue weighted by Crippen LogP contribution is -2.51. The number of rotatable bonds is 7. The fraction of sp³-hybridized carbons (Fsp3) is 0.524. The largest absolute Gasteiger partial charge is 0.494 e. The smallest absolute Gasteiger partial charge is 0.236 e. The second kappa shape index (κ2) is 8.57. The average molecular weight is 372 g/mol. The van der Waals surface area contributed by atoms with Crippen LogP contribution >= 0.6 is 0 Å². The zero-order valence-electron chi connectivity index (χ0n) is 16.1. The van der Waals surface area contributed by atoms with E-state index >= 15 is 0 Å². The number of carbonyl (C=O) groups is 2. The van der Waals surface area contributed by atoms with E-state index < -0.39 is 5.41 Å². The van der Waals surface area contributed by atoms with Crippen LogP contribution in [0.2, 0.25) is 0 Å². The van der Waals surface area contributed by atoms with Gasteiger partial charge in [-0.3, -0.25) is 9.59 Å². The molecule has 6 nitrogen and oxygen atoms in total. The topological polar surface area (TPSA) is 67.9 Å². The molecule has 1 atom stereocenters. The molecular weight excluding hydrogens is 344 g/mol. The van der Waals surface area contributed by atoms with Gasteiger partial charge in [0.2, 0.25) is 11.8 Å². The van der Waals surface area contributed by atoms with E-state index in [1.54, 1.807) is 12.0 Å². The minimum Gasteiger partial charge on any atom is -0.494 e. The quantitative estimate of drug-likeness (QED) is 0.797. The van der Waals surface area contributed by atoms with Gasteiger partial charge in [-0.1, -0.05) is 6.08 Å². The minimum absolute atomic E-state index is 0.0347. The molecule has 27 heavy (non-hydrogen) atoms. The first-order chi connectivity index (χ1) is 13.1. The van der Waals surface area contributed by atoms with Gasteiger partial charge >= 0.3 is 0 Å². The van der Waals surface area contributed by atoms with Crippen LogP contribution in [0.1, 0.15) is 39.0 Å². The maximum Gasteiger partial charge on any atom is 0.236 e. The molecule has 1 heterocycles. The first-order valence-electron chi connectivity index (χ1n) is 9.65. The molecule has 2 aliphatic rings. The van der Waals surface area contributed by atoms with Gasteiger partial charge < -0.3 is 19.7 Å². The number of fused-ring (bicyclic) bond motifs is 1. The summed E-state index contributed by atoms with van der Waals surface area (Å²) >= 11 is 0. The predicted molar refractivity (Wildman–Crippen MR) is 103 cm³/mol. The van der Waals surface area contributed by atoms with E-state index in [0.717, 1.165) is 36.4 Å². The van der Waals surface area contributed by atoms with Crippen LogP contribution < -0.4 is 10.1 Å². The van der Waals surface area contributed by atoms with E-state index in [1.807, 2.05) is 31.2 Å². The van der Waals surface area contributed by atoms with Crippen LogP contribution in [0.25, 0.3) is 0 Å². The van der Waals surface area contributed by atoms with Crippen molar-refractivity contribution in [2.45, 2.75) is 39.0 Å². The number of ether oxygens (including phenoxy) is 2. The van der Waals surface area contributed by atoms with E-state index in [0.29, 0.717) is 32.6 Å². The number of likely N-dealkylation sites (tertiary alicyclic amines) is 1. The molecule has 0 aromatic heterocycles. The molecule has 1 aromatic carbocycles. The van der Waals surface area contributed by atoms with Crippen molar-refractivity contribution in [1.29, 1.82) is 0 Å². The van der Waals surface area contributed by atoms with Gasteiger partial charge in [0, 0.05) is 31.5 Å². The molecule has 146 valence electrons. The summed E-state index contributed by atoms with van der Waals surface area (Å²) in [4.78, 5) is 27.5. The molecule has 0 radical (unpaired) electrons. The maximum absolute atomic E-state index is 13.3. The molecule has 2 amide bonds. The minimum atomic E-state index is -0.640. The van der Waals surface area contributed by atoms with Crippen molar-refractivity contribution in [2.75, 3.05) is 32.2 Å². The summed E-state index contributed by atoms with van der Waals surface area (Å²) in [7, 11) is 1.62. The summed E-state index contributed by atoms with van der Waals surface area (Å²) in [5.74, 6) is 0.818. The van der Waals surface area contributed by atoms with Crippen molar-refractivity contribution in [3.63, 3.8) is 0 Å². The zero-order chi connectivity index (χ0) is 19.3. The number of nitrogens with zero attached hydrogens (tertiary/aromatic N) is 1. The van der Waals surface area contributed by atoms with Gasteiger partial charge in [0.05, 0.1) is 18.6 Å². The van der Waals surface area contributed by atoms with Crippen LogP contribution in [-0.2, 0) is 14.3 Å². The van der Waals surface area contributed by atoms with E-state index in [1.165, 1.54) is 0 Å². The molecule has 1 unspecified atom stereocenters. The zero-order valence-corrected chi connectivity index (χ0v) is 16.1. The van der Waals surface area contributed by atoms with Gasteiger partial charge in [-0.05, 0) is 56.9 Å². The average Bonchev–Trinajstić information content (AvgIpc) is 2.69. The number of carbonyl (C=O) groups excluding carboxylic acids is 2. The molecule has 0 saturated carbocycles. The third-order valence-electron chi connectivity index (χ3n) is 5.37. The molecule has 6 heteroatoms. The number of nitrogens with one attached hydrogen (secondary N) is 1. The summed E-state index contributed by atoms with van der Waals surface area (Å²) < 4.78 is 10.6. The van der Waals surface area contributed by atoms with Crippen LogP contribution in [-0.4, -0.2) is 43.6 Å². The van der Waals surface area contributed by atoms with Gasteiger partial charge in [-0.15, -0.1) is 0 Å². The highest BCUT2D eigenvalue weighted by molar-refractivity contribution is 5.99. The van der Waals surface area contributed by atoms with E-state index in [4.69, 9.17) is 9.47 Å². The summed E-state index contributed by atoms with van der Waals surface area (Å²) in [5.41, 5.74) is 0.951. The molecular formula is C21H28N2O4. The van der Waals surface area contributed by atoms with Gasteiger partial charge in [0.15, 0.2) is 0 Å². The monoisotopic (exact) mass is 372 g/mol. The first-order valence-corrected chi connectivity index (χ1v) is 9.65. The highest BCUT2D eigenvalue weighted by Gasteiger charge is 2.49. The van der Waals surface area contributed by atoms with Crippen molar-refractivity contribution in [2.24, 2.45) is 5.41 Å². The number of hydrogen-bond donors (Lipinski definition) is 1. The number of allylic oxidation sites excluding steroid dienone is 1. The summed E-state index contributed by atoms with van der Waals surface area (Å²) in [6.07, 6.45) is 5.62. The Balaban J connectivity index is 1.81. The Labute approximate surface area is 160 Å². The van der Waals surface area contributed by atoms with Crippen LogP contribution in [0, 0.1) is 5.41 Å². The third kappa shape index (κ3) is 4.00.